The maximum absolute atomic E-state index is 13.8. The first-order valence-corrected chi connectivity index (χ1v) is 14.6. The Kier molecular flexibility index (Phi) is 7.65. The smallest absolute Gasteiger partial charge is 0.270 e. The minimum Gasteiger partial charge on any atom is -0.347 e. The molecule has 12 nitrogen and oxygen atoms in total. The summed E-state index contributed by atoms with van der Waals surface area (Å²) in [6, 6.07) is 18.8. The number of halogens is 2. The number of hydrogen-bond acceptors (Lipinski definition) is 7. The van der Waals surface area contributed by atoms with Crippen LogP contribution in [0.3, 0.4) is 0 Å². The van der Waals surface area contributed by atoms with Crippen molar-refractivity contribution in [3.05, 3.63) is 131 Å². The van der Waals surface area contributed by atoms with E-state index in [1.807, 2.05) is 18.2 Å². The largest absolute Gasteiger partial charge is 0.347 e. The van der Waals surface area contributed by atoms with Crippen molar-refractivity contribution in [1.29, 1.82) is 0 Å². The van der Waals surface area contributed by atoms with Crippen molar-refractivity contribution in [3.63, 3.8) is 0 Å². The van der Waals surface area contributed by atoms with Crippen LogP contribution in [0, 0.1) is 11.6 Å². The van der Waals surface area contributed by atoms with Crippen LogP contribution in [0.1, 0.15) is 60.5 Å². The molecule has 0 unspecified atom stereocenters. The van der Waals surface area contributed by atoms with E-state index < -0.39 is 29.4 Å². The number of para-hydroxylation sites is 1. The van der Waals surface area contributed by atoms with Crippen LogP contribution in [-0.2, 0) is 13.0 Å². The zero-order chi connectivity index (χ0) is 32.5. The fourth-order valence-electron chi connectivity index (χ4n) is 5.54. The second-order valence-electron chi connectivity index (χ2n) is 10.9. The van der Waals surface area contributed by atoms with Crippen LogP contribution >= 0.6 is 0 Å². The predicted octanol–water partition coefficient (Wildman–Crippen LogP) is 4.39. The standard InChI is InChI=1S/C33H25F2N9O3/c34-24-10-6-18(12-25(24)35)15-36-32(46)27-14-28(44-30(41-27)23(16-39-44)31(45)40-21-4-2-1-3-5-21)33(47)42-26-11-8-19-13-20(7-9-22(19)26)29-37-17-38-43-29/h1-7,9-10,12-14,16-17,26H,8,11,15H2,(H,36,46)(H,40,45)(H,42,47)(H,37,38,43)/t26-/m0/s1. The zero-order valence-electron chi connectivity index (χ0n) is 24.5. The zero-order valence-corrected chi connectivity index (χ0v) is 24.5. The molecule has 1 aliphatic rings. The molecule has 6 aromatic rings. The SMILES string of the molecule is O=C(NCc1ccc(F)c(F)c1)c1cc(C(=O)N[C@H]2CCc3cc(-c4ncn[nH]4)ccc32)n2ncc(C(=O)Nc3ccccc3)c2n1. The Balaban J connectivity index is 1.19. The van der Waals surface area contributed by atoms with Gasteiger partial charge in [0.05, 0.1) is 12.2 Å². The second kappa shape index (κ2) is 12.2. The van der Waals surface area contributed by atoms with Crippen molar-refractivity contribution in [1.82, 2.24) is 40.4 Å². The summed E-state index contributed by atoms with van der Waals surface area (Å²) in [6.07, 6.45) is 4.07. The summed E-state index contributed by atoms with van der Waals surface area (Å²) in [5, 5.41) is 19.4. The quantitative estimate of drug-likeness (QED) is 0.193. The topological polar surface area (TPSA) is 159 Å². The Morgan fingerprint density at radius 2 is 1.79 bits per heavy atom. The highest BCUT2D eigenvalue weighted by molar-refractivity contribution is 6.09. The number of carbonyl (C=O) groups excluding carboxylic acids is 3. The summed E-state index contributed by atoms with van der Waals surface area (Å²) >= 11 is 0. The summed E-state index contributed by atoms with van der Waals surface area (Å²) < 4.78 is 28.3. The molecular weight excluding hydrogens is 608 g/mol. The van der Waals surface area contributed by atoms with Crippen LogP contribution in [0.5, 0.6) is 0 Å². The minimum absolute atomic E-state index is 0.0208. The van der Waals surface area contributed by atoms with Gasteiger partial charge in [-0.1, -0.05) is 36.4 Å². The lowest BCUT2D eigenvalue weighted by Gasteiger charge is -2.16. The van der Waals surface area contributed by atoms with E-state index in [-0.39, 0.29) is 35.2 Å². The summed E-state index contributed by atoms with van der Waals surface area (Å²) in [6.45, 7) is -0.139. The summed E-state index contributed by atoms with van der Waals surface area (Å²) in [4.78, 5) is 49.0. The normalized spacial score (nSPS) is 13.7. The molecule has 0 saturated carbocycles. The number of nitrogens with one attached hydrogen (secondary N) is 4. The predicted molar refractivity (Wildman–Crippen MR) is 165 cm³/mol. The molecule has 3 heterocycles. The number of benzene rings is 3. The first-order chi connectivity index (χ1) is 22.8. The molecule has 14 heteroatoms. The van der Waals surface area contributed by atoms with Crippen LogP contribution in [0.2, 0.25) is 0 Å². The number of carbonyl (C=O) groups is 3. The lowest BCUT2D eigenvalue weighted by atomic mass is 10.0. The van der Waals surface area contributed by atoms with Gasteiger partial charge in [-0.05, 0) is 59.9 Å². The van der Waals surface area contributed by atoms with Gasteiger partial charge in [-0.3, -0.25) is 19.5 Å². The minimum atomic E-state index is -1.05. The maximum Gasteiger partial charge on any atom is 0.270 e. The van der Waals surface area contributed by atoms with Gasteiger partial charge in [0.1, 0.15) is 23.3 Å². The highest BCUT2D eigenvalue weighted by atomic mass is 19.2. The molecule has 4 N–H and O–H groups in total. The molecule has 3 aromatic carbocycles. The van der Waals surface area contributed by atoms with Gasteiger partial charge in [0.25, 0.3) is 17.7 Å². The first kappa shape index (κ1) is 29.4. The number of rotatable bonds is 8. The second-order valence-corrected chi connectivity index (χ2v) is 10.9. The van der Waals surface area contributed by atoms with Gasteiger partial charge in [-0.25, -0.2) is 23.3 Å². The fraction of sp³-hybridized carbons (Fsp3) is 0.121. The van der Waals surface area contributed by atoms with E-state index in [0.717, 1.165) is 35.2 Å². The Hall–Kier alpha value is -6.31. The summed E-state index contributed by atoms with van der Waals surface area (Å²) in [7, 11) is 0. The fourth-order valence-corrected chi connectivity index (χ4v) is 5.54. The molecule has 0 aliphatic heterocycles. The third kappa shape index (κ3) is 5.91. The molecular formula is C33H25F2N9O3. The molecule has 0 spiro atoms. The first-order valence-electron chi connectivity index (χ1n) is 14.6. The molecule has 3 aromatic heterocycles. The number of anilines is 1. The van der Waals surface area contributed by atoms with Crippen molar-refractivity contribution >= 4 is 29.1 Å². The molecule has 47 heavy (non-hydrogen) atoms. The van der Waals surface area contributed by atoms with Gasteiger partial charge in [-0.2, -0.15) is 10.2 Å². The number of aromatic nitrogens is 6. The van der Waals surface area contributed by atoms with Crippen molar-refractivity contribution in [3.8, 4) is 11.4 Å². The van der Waals surface area contributed by atoms with E-state index >= 15 is 0 Å². The Labute approximate surface area is 265 Å². The molecule has 0 saturated heterocycles. The van der Waals surface area contributed by atoms with Gasteiger partial charge in [-0.15, -0.1) is 0 Å². The number of nitrogens with zero attached hydrogens (tertiary/aromatic N) is 5. The Bertz CT molecular complexity index is 2150. The highest BCUT2D eigenvalue weighted by Gasteiger charge is 2.28. The Morgan fingerprint density at radius 3 is 2.57 bits per heavy atom. The number of amides is 3. The van der Waals surface area contributed by atoms with Gasteiger partial charge in [0.15, 0.2) is 23.1 Å². The van der Waals surface area contributed by atoms with E-state index in [0.29, 0.717) is 23.5 Å². The maximum atomic E-state index is 13.8. The Morgan fingerprint density at radius 1 is 0.936 bits per heavy atom. The lowest BCUT2D eigenvalue weighted by molar-refractivity contribution is 0.0927. The molecule has 1 aliphatic carbocycles. The molecule has 1 atom stereocenters. The number of aromatic amines is 1. The number of H-pyrrole nitrogens is 1. The molecule has 0 fully saturated rings. The van der Waals surface area contributed by atoms with Crippen molar-refractivity contribution in [2.45, 2.75) is 25.4 Å². The van der Waals surface area contributed by atoms with E-state index in [1.54, 1.807) is 30.3 Å². The molecule has 7 rings (SSSR count). The monoisotopic (exact) mass is 633 g/mol. The van der Waals surface area contributed by atoms with Crippen LogP contribution in [-0.4, -0.2) is 47.5 Å². The van der Waals surface area contributed by atoms with E-state index in [2.05, 4.69) is 41.2 Å². The molecule has 0 radical (unpaired) electrons. The molecule has 3 amide bonds. The van der Waals surface area contributed by atoms with Crippen molar-refractivity contribution in [2.75, 3.05) is 5.32 Å². The lowest BCUT2D eigenvalue weighted by Crippen LogP contribution is -2.31. The van der Waals surface area contributed by atoms with E-state index in [4.69, 9.17) is 0 Å². The van der Waals surface area contributed by atoms with Gasteiger partial charge in [0.2, 0.25) is 0 Å². The summed E-state index contributed by atoms with van der Waals surface area (Å²) in [5.74, 6) is -3.20. The average molecular weight is 634 g/mol. The van der Waals surface area contributed by atoms with E-state index in [1.165, 1.54) is 29.2 Å². The summed E-state index contributed by atoms with van der Waals surface area (Å²) in [5.41, 5.74) is 3.52. The molecule has 234 valence electrons. The van der Waals surface area contributed by atoms with Crippen LogP contribution in [0.25, 0.3) is 17.0 Å². The van der Waals surface area contributed by atoms with Crippen LogP contribution in [0.4, 0.5) is 14.5 Å². The average Bonchev–Trinajstić information content (AvgIpc) is 3.86. The number of fused-ring (bicyclic) bond motifs is 2. The third-order valence-electron chi connectivity index (χ3n) is 7.86. The van der Waals surface area contributed by atoms with Gasteiger partial charge in [0, 0.05) is 23.9 Å². The number of hydrogen-bond donors (Lipinski definition) is 4. The van der Waals surface area contributed by atoms with Crippen molar-refractivity contribution in [2.24, 2.45) is 0 Å². The molecule has 0 bridgehead atoms. The third-order valence-corrected chi connectivity index (χ3v) is 7.86. The van der Waals surface area contributed by atoms with Crippen molar-refractivity contribution < 1.29 is 23.2 Å². The van der Waals surface area contributed by atoms with Gasteiger partial charge < -0.3 is 16.0 Å². The van der Waals surface area contributed by atoms with Crippen LogP contribution < -0.4 is 16.0 Å². The van der Waals surface area contributed by atoms with Crippen LogP contribution in [0.15, 0.2) is 85.3 Å². The highest BCUT2D eigenvalue weighted by Crippen LogP contribution is 2.34. The van der Waals surface area contributed by atoms with Gasteiger partial charge >= 0.3 is 0 Å². The van der Waals surface area contributed by atoms with E-state index in [9.17, 15) is 23.2 Å². The number of aryl methyl sites for hydroxylation is 1.